The first-order valence-corrected chi connectivity index (χ1v) is 6.39. The van der Waals surface area contributed by atoms with Crippen molar-refractivity contribution in [2.45, 2.75) is 37.9 Å². The van der Waals surface area contributed by atoms with Gasteiger partial charge in [-0.05, 0) is 18.1 Å². The molecule has 21 heavy (non-hydrogen) atoms. The maximum atomic E-state index is 10.5. The number of nitrogens with zero attached hydrogens (tertiary/aromatic N) is 1. The molecule has 1 saturated heterocycles. The Morgan fingerprint density at radius 3 is 2.33 bits per heavy atom. The molecule has 0 radical (unpaired) electrons. The number of aromatic nitrogens is 1. The Bertz CT molecular complexity index is 468. The highest BCUT2D eigenvalue weighted by Gasteiger charge is 2.41. The molecule has 4 atom stereocenters. The third-order valence-electron chi connectivity index (χ3n) is 3.04. The van der Waals surface area contributed by atoms with Crippen molar-refractivity contribution in [3.63, 3.8) is 0 Å². The zero-order valence-corrected chi connectivity index (χ0v) is 11.5. The van der Waals surface area contributed by atoms with Crippen LogP contribution in [-0.4, -0.2) is 67.7 Å². The van der Waals surface area contributed by atoms with Gasteiger partial charge in [0.2, 0.25) is 0 Å². The summed E-state index contributed by atoms with van der Waals surface area (Å²) < 4.78 is 4.54. The molecule has 2 rings (SSSR count). The van der Waals surface area contributed by atoms with Crippen LogP contribution >= 0.6 is 0 Å². The fraction of sp³-hybridized carbons (Fsp3) is 0.538. The Hall–Kier alpha value is -1.58. The van der Waals surface area contributed by atoms with Crippen molar-refractivity contribution in [3.8, 4) is 0 Å². The molecular formula is C13H19NO7. The lowest BCUT2D eigenvalue weighted by Gasteiger charge is -2.09. The van der Waals surface area contributed by atoms with E-state index >= 15 is 0 Å². The number of ether oxygens (including phenoxy) is 1. The fourth-order valence-corrected chi connectivity index (χ4v) is 1.80. The van der Waals surface area contributed by atoms with E-state index in [9.17, 15) is 4.79 Å². The normalized spacial score (nSPS) is 27.9. The molecule has 0 aliphatic carbocycles. The fourth-order valence-electron chi connectivity index (χ4n) is 1.80. The van der Waals surface area contributed by atoms with Crippen LogP contribution in [-0.2, 0) is 11.2 Å². The van der Waals surface area contributed by atoms with Crippen LogP contribution in [0.1, 0.15) is 22.8 Å². The summed E-state index contributed by atoms with van der Waals surface area (Å²) >= 11 is 0. The van der Waals surface area contributed by atoms with Crippen LogP contribution in [0.2, 0.25) is 0 Å². The third kappa shape index (κ3) is 4.45. The van der Waals surface area contributed by atoms with Gasteiger partial charge in [0.15, 0.2) is 6.29 Å². The molecule has 0 bridgehead atoms. The number of carboxylic acids is 1. The van der Waals surface area contributed by atoms with Crippen LogP contribution in [0, 0.1) is 0 Å². The number of carbonyl (C=O) groups is 1. The lowest BCUT2D eigenvalue weighted by Crippen LogP contribution is -2.33. The van der Waals surface area contributed by atoms with Crippen molar-refractivity contribution in [2.75, 3.05) is 6.61 Å². The van der Waals surface area contributed by atoms with Crippen molar-refractivity contribution in [2.24, 2.45) is 0 Å². The molecule has 2 heterocycles. The Labute approximate surface area is 121 Å². The minimum Gasteiger partial charge on any atom is -0.478 e. The van der Waals surface area contributed by atoms with E-state index in [-0.39, 0.29) is 0 Å². The highest BCUT2D eigenvalue weighted by atomic mass is 16.6. The molecule has 1 aliphatic rings. The molecule has 8 nitrogen and oxygen atoms in total. The smallest absolute Gasteiger partial charge is 0.337 e. The van der Waals surface area contributed by atoms with Crippen LogP contribution in [0.5, 0.6) is 0 Å². The number of aliphatic hydroxyl groups excluding tert-OH is 4. The number of hydrogen-bond acceptors (Lipinski definition) is 7. The van der Waals surface area contributed by atoms with E-state index < -0.39 is 37.2 Å². The predicted molar refractivity (Wildman–Crippen MR) is 70.6 cm³/mol. The van der Waals surface area contributed by atoms with Gasteiger partial charge in [-0.1, -0.05) is 6.92 Å². The first-order valence-electron chi connectivity index (χ1n) is 6.39. The summed E-state index contributed by atoms with van der Waals surface area (Å²) in [5.41, 5.74) is 1.13. The summed E-state index contributed by atoms with van der Waals surface area (Å²) in [5.74, 6) is -0.907. The van der Waals surface area contributed by atoms with Gasteiger partial charge in [-0.15, -0.1) is 0 Å². The third-order valence-corrected chi connectivity index (χ3v) is 3.04. The highest BCUT2D eigenvalue weighted by molar-refractivity contribution is 5.88. The molecule has 118 valence electrons. The Balaban J connectivity index is 0.000000211. The Kier molecular flexibility index (Phi) is 6.66. The SMILES string of the molecule is CCc1ccncc1C(=O)O.OC[C@H]1OC(O)[C@H](O)[C@@H]1O. The maximum Gasteiger partial charge on any atom is 0.337 e. The summed E-state index contributed by atoms with van der Waals surface area (Å²) in [7, 11) is 0. The second-order valence-corrected chi connectivity index (χ2v) is 4.42. The summed E-state index contributed by atoms with van der Waals surface area (Å²) in [6.45, 7) is 1.51. The Morgan fingerprint density at radius 2 is 2.00 bits per heavy atom. The van der Waals surface area contributed by atoms with Crippen LogP contribution in [0.4, 0.5) is 0 Å². The van der Waals surface area contributed by atoms with E-state index in [1.165, 1.54) is 6.20 Å². The van der Waals surface area contributed by atoms with Gasteiger partial charge in [0.05, 0.1) is 12.2 Å². The van der Waals surface area contributed by atoms with Gasteiger partial charge in [-0.25, -0.2) is 4.79 Å². The number of rotatable bonds is 3. The number of aryl methyl sites for hydroxylation is 1. The molecule has 0 saturated carbocycles. The van der Waals surface area contributed by atoms with Gasteiger partial charge in [0, 0.05) is 12.4 Å². The zero-order valence-electron chi connectivity index (χ0n) is 11.5. The summed E-state index contributed by atoms with van der Waals surface area (Å²) in [6.07, 6.45) is -1.05. The summed E-state index contributed by atoms with van der Waals surface area (Å²) in [6, 6.07) is 1.73. The van der Waals surface area contributed by atoms with Crippen molar-refractivity contribution in [1.82, 2.24) is 4.98 Å². The molecule has 1 aliphatic heterocycles. The molecule has 1 aromatic rings. The van der Waals surface area contributed by atoms with E-state index in [1.54, 1.807) is 12.3 Å². The van der Waals surface area contributed by atoms with Gasteiger partial charge in [-0.3, -0.25) is 4.98 Å². The van der Waals surface area contributed by atoms with Gasteiger partial charge < -0.3 is 30.3 Å². The van der Waals surface area contributed by atoms with E-state index in [1.807, 2.05) is 6.92 Å². The number of pyridine rings is 1. The maximum absolute atomic E-state index is 10.5. The van der Waals surface area contributed by atoms with Gasteiger partial charge in [0.25, 0.3) is 0 Å². The van der Waals surface area contributed by atoms with Crippen molar-refractivity contribution >= 4 is 5.97 Å². The largest absolute Gasteiger partial charge is 0.478 e. The standard InChI is InChI=1S/C8H9NO2.C5H10O5/c1-2-6-3-4-9-5-7(6)8(10)11;6-1-2-3(7)4(8)5(9)10-2/h3-5H,2H2,1H3,(H,10,11);2-9H,1H2/t;2-,3-,4-,5?/m.1/s1. The molecular weight excluding hydrogens is 282 g/mol. The van der Waals surface area contributed by atoms with Crippen LogP contribution in [0.15, 0.2) is 18.5 Å². The highest BCUT2D eigenvalue weighted by Crippen LogP contribution is 2.18. The van der Waals surface area contributed by atoms with Gasteiger partial charge in [-0.2, -0.15) is 0 Å². The molecule has 0 spiro atoms. The molecule has 1 unspecified atom stereocenters. The second kappa shape index (κ2) is 8.01. The van der Waals surface area contributed by atoms with E-state index in [0.29, 0.717) is 5.56 Å². The number of aliphatic hydroxyl groups is 4. The minimum atomic E-state index is -1.38. The average molecular weight is 301 g/mol. The predicted octanol–water partition coefficient (Wildman–Crippen LogP) is -1.24. The number of aromatic carboxylic acids is 1. The van der Waals surface area contributed by atoms with Gasteiger partial charge in [0.1, 0.15) is 18.3 Å². The van der Waals surface area contributed by atoms with E-state index in [4.69, 9.17) is 25.5 Å². The minimum absolute atomic E-state index is 0.301. The second-order valence-electron chi connectivity index (χ2n) is 4.42. The lowest BCUT2D eigenvalue weighted by molar-refractivity contribution is -0.132. The van der Waals surface area contributed by atoms with Gasteiger partial charge >= 0.3 is 5.97 Å². The van der Waals surface area contributed by atoms with Crippen molar-refractivity contribution in [1.29, 1.82) is 0 Å². The molecule has 0 amide bonds. The van der Waals surface area contributed by atoms with E-state index in [0.717, 1.165) is 12.0 Å². The zero-order chi connectivity index (χ0) is 16.0. The quantitative estimate of drug-likeness (QED) is 0.467. The average Bonchev–Trinajstić information content (AvgIpc) is 2.74. The number of hydrogen-bond donors (Lipinski definition) is 5. The molecule has 1 fully saturated rings. The molecule has 1 aromatic heterocycles. The van der Waals surface area contributed by atoms with Crippen LogP contribution in [0.25, 0.3) is 0 Å². The molecule has 0 aromatic carbocycles. The summed E-state index contributed by atoms with van der Waals surface area (Å²) in [5, 5.41) is 43.6. The lowest BCUT2D eigenvalue weighted by atomic mass is 10.1. The van der Waals surface area contributed by atoms with Crippen LogP contribution < -0.4 is 0 Å². The monoisotopic (exact) mass is 301 g/mol. The first kappa shape index (κ1) is 17.5. The number of carboxylic acid groups (broad SMARTS) is 1. The van der Waals surface area contributed by atoms with Crippen molar-refractivity contribution in [3.05, 3.63) is 29.6 Å². The molecule has 8 heteroatoms. The topological polar surface area (TPSA) is 140 Å². The van der Waals surface area contributed by atoms with Crippen molar-refractivity contribution < 1.29 is 35.1 Å². The first-order chi connectivity index (χ1) is 9.92. The van der Waals surface area contributed by atoms with Crippen LogP contribution in [0.3, 0.4) is 0 Å². The summed E-state index contributed by atoms with van der Waals surface area (Å²) in [4.78, 5) is 14.3. The Morgan fingerprint density at radius 1 is 1.33 bits per heavy atom. The van der Waals surface area contributed by atoms with E-state index in [2.05, 4.69) is 9.72 Å². The molecule has 5 N–H and O–H groups in total.